The summed E-state index contributed by atoms with van der Waals surface area (Å²) in [4.78, 5) is 8.76. The predicted octanol–water partition coefficient (Wildman–Crippen LogP) is 5.06. The predicted molar refractivity (Wildman–Crippen MR) is 91.2 cm³/mol. The molecule has 0 spiro atoms. The first-order valence-electron chi connectivity index (χ1n) is 6.99. The molecule has 0 fully saturated rings. The van der Waals surface area contributed by atoms with Gasteiger partial charge in [-0.2, -0.15) is 4.98 Å². The monoisotopic (exact) mass is 328 g/mol. The second kappa shape index (κ2) is 6.62. The Morgan fingerprint density at radius 2 is 1.48 bits per heavy atom. The van der Waals surface area contributed by atoms with Gasteiger partial charge in [0.25, 0.3) is 0 Å². The normalized spacial score (nSPS) is 10.4. The zero-order valence-corrected chi connectivity index (χ0v) is 13.1. The van der Waals surface area contributed by atoms with Crippen molar-refractivity contribution in [2.24, 2.45) is 0 Å². The van der Waals surface area contributed by atoms with Gasteiger partial charge in [0.1, 0.15) is 11.6 Å². The minimum Gasteiger partial charge on any atom is -0.340 e. The third-order valence-corrected chi connectivity index (χ3v) is 3.32. The number of anilines is 4. The highest BCUT2D eigenvalue weighted by Crippen LogP contribution is 2.20. The van der Waals surface area contributed by atoms with E-state index in [9.17, 15) is 4.39 Å². The summed E-state index contributed by atoms with van der Waals surface area (Å²) >= 11 is 5.87. The highest BCUT2D eigenvalue weighted by molar-refractivity contribution is 6.30. The van der Waals surface area contributed by atoms with E-state index in [0.29, 0.717) is 16.8 Å². The van der Waals surface area contributed by atoms with E-state index in [4.69, 9.17) is 11.6 Å². The summed E-state index contributed by atoms with van der Waals surface area (Å²) in [6.07, 6.45) is 0. The van der Waals surface area contributed by atoms with Crippen LogP contribution in [-0.4, -0.2) is 9.97 Å². The minimum atomic E-state index is -0.278. The first-order valence-corrected chi connectivity index (χ1v) is 7.37. The van der Waals surface area contributed by atoms with E-state index >= 15 is 0 Å². The van der Waals surface area contributed by atoms with Crippen LogP contribution < -0.4 is 10.6 Å². The summed E-state index contributed by atoms with van der Waals surface area (Å²) in [5.41, 5.74) is 2.40. The largest absolute Gasteiger partial charge is 0.340 e. The van der Waals surface area contributed by atoms with Gasteiger partial charge in [-0.3, -0.25) is 0 Å². The number of halogens is 2. The molecule has 0 bridgehead atoms. The molecule has 0 saturated heterocycles. The second-order valence-corrected chi connectivity index (χ2v) is 5.42. The van der Waals surface area contributed by atoms with Crippen molar-refractivity contribution in [3.63, 3.8) is 0 Å². The van der Waals surface area contributed by atoms with E-state index in [1.165, 1.54) is 12.1 Å². The maximum Gasteiger partial charge on any atom is 0.229 e. The molecular weight excluding hydrogens is 315 g/mol. The lowest BCUT2D eigenvalue weighted by atomic mass is 10.3. The van der Waals surface area contributed by atoms with Crippen LogP contribution in [0.5, 0.6) is 0 Å². The summed E-state index contributed by atoms with van der Waals surface area (Å²) in [6.45, 7) is 1.88. The molecule has 2 aromatic carbocycles. The molecule has 1 heterocycles. The maximum absolute atomic E-state index is 13.0. The molecule has 23 heavy (non-hydrogen) atoms. The SMILES string of the molecule is Cc1cc(Nc2ccc(F)cc2)nc(Nc2ccc(Cl)cc2)n1. The molecule has 3 aromatic rings. The average Bonchev–Trinajstić information content (AvgIpc) is 2.51. The molecule has 0 atom stereocenters. The zero-order chi connectivity index (χ0) is 16.2. The molecular formula is C17H14ClFN4. The van der Waals surface area contributed by atoms with Crippen molar-refractivity contribution in [2.45, 2.75) is 6.92 Å². The third kappa shape index (κ3) is 4.17. The van der Waals surface area contributed by atoms with Crippen molar-refractivity contribution in [1.29, 1.82) is 0 Å². The Balaban J connectivity index is 1.81. The summed E-state index contributed by atoms with van der Waals surface area (Å²) in [5.74, 6) is 0.817. The summed E-state index contributed by atoms with van der Waals surface area (Å²) in [6, 6.07) is 15.2. The van der Waals surface area contributed by atoms with Crippen LogP contribution in [0.25, 0.3) is 0 Å². The first kappa shape index (κ1) is 15.2. The van der Waals surface area contributed by atoms with E-state index < -0.39 is 0 Å². The van der Waals surface area contributed by atoms with Gasteiger partial charge < -0.3 is 10.6 Å². The number of benzene rings is 2. The van der Waals surface area contributed by atoms with Crippen molar-refractivity contribution < 1.29 is 4.39 Å². The quantitative estimate of drug-likeness (QED) is 0.702. The first-order chi connectivity index (χ1) is 11.1. The smallest absolute Gasteiger partial charge is 0.229 e. The second-order valence-electron chi connectivity index (χ2n) is 4.98. The van der Waals surface area contributed by atoms with Crippen LogP contribution in [0, 0.1) is 12.7 Å². The molecule has 0 unspecified atom stereocenters. The number of nitrogens with zero attached hydrogens (tertiary/aromatic N) is 2. The fourth-order valence-corrected chi connectivity index (χ4v) is 2.16. The minimum absolute atomic E-state index is 0.278. The molecule has 0 amide bonds. The lowest BCUT2D eigenvalue weighted by Crippen LogP contribution is -2.02. The highest BCUT2D eigenvalue weighted by atomic mass is 35.5. The molecule has 0 aliphatic rings. The number of aromatic nitrogens is 2. The van der Waals surface area contributed by atoms with Crippen molar-refractivity contribution >= 4 is 34.7 Å². The van der Waals surface area contributed by atoms with Gasteiger partial charge in [0.2, 0.25) is 5.95 Å². The molecule has 3 rings (SSSR count). The van der Waals surface area contributed by atoms with Crippen molar-refractivity contribution in [3.05, 3.63) is 71.1 Å². The number of aryl methyl sites for hydroxylation is 1. The standard InChI is InChI=1S/C17H14ClFN4/c1-11-10-16(21-14-8-4-13(19)5-9-14)23-17(20-11)22-15-6-2-12(18)3-7-15/h2-10H,1H3,(H2,20,21,22,23). The number of hydrogen-bond donors (Lipinski definition) is 2. The summed E-state index contributed by atoms with van der Waals surface area (Å²) < 4.78 is 13.0. The van der Waals surface area contributed by atoms with E-state index in [-0.39, 0.29) is 5.82 Å². The van der Waals surface area contributed by atoms with Gasteiger partial charge in [-0.15, -0.1) is 0 Å². The van der Waals surface area contributed by atoms with Crippen LogP contribution in [0.3, 0.4) is 0 Å². The lowest BCUT2D eigenvalue weighted by Gasteiger charge is -2.10. The van der Waals surface area contributed by atoms with Crippen LogP contribution in [0.2, 0.25) is 5.02 Å². The molecule has 0 radical (unpaired) electrons. The van der Waals surface area contributed by atoms with Crippen LogP contribution >= 0.6 is 11.6 Å². The Labute approximate surface area is 138 Å². The lowest BCUT2D eigenvalue weighted by molar-refractivity contribution is 0.628. The molecule has 6 heteroatoms. The highest BCUT2D eigenvalue weighted by Gasteiger charge is 2.04. The Kier molecular flexibility index (Phi) is 4.39. The fourth-order valence-electron chi connectivity index (χ4n) is 2.03. The van der Waals surface area contributed by atoms with Crippen LogP contribution in [-0.2, 0) is 0 Å². The average molecular weight is 329 g/mol. The number of rotatable bonds is 4. The summed E-state index contributed by atoms with van der Waals surface area (Å²) in [7, 11) is 0. The topological polar surface area (TPSA) is 49.8 Å². The Morgan fingerprint density at radius 3 is 2.17 bits per heavy atom. The molecule has 0 saturated carbocycles. The number of nitrogens with one attached hydrogen (secondary N) is 2. The zero-order valence-electron chi connectivity index (χ0n) is 12.3. The van der Waals surface area contributed by atoms with Crippen LogP contribution in [0.1, 0.15) is 5.69 Å². The Morgan fingerprint density at radius 1 is 0.870 bits per heavy atom. The van der Waals surface area contributed by atoms with Crippen molar-refractivity contribution in [3.8, 4) is 0 Å². The van der Waals surface area contributed by atoms with Gasteiger partial charge in [0.05, 0.1) is 0 Å². The molecule has 2 N–H and O–H groups in total. The van der Waals surface area contributed by atoms with E-state index in [1.54, 1.807) is 24.3 Å². The van der Waals surface area contributed by atoms with Gasteiger partial charge in [0.15, 0.2) is 0 Å². The van der Waals surface area contributed by atoms with Crippen molar-refractivity contribution in [1.82, 2.24) is 9.97 Å². The maximum atomic E-state index is 13.0. The van der Waals surface area contributed by atoms with E-state index in [0.717, 1.165) is 17.1 Å². The van der Waals surface area contributed by atoms with Gasteiger partial charge in [-0.05, 0) is 55.5 Å². The molecule has 0 aliphatic carbocycles. The van der Waals surface area contributed by atoms with Gasteiger partial charge >= 0.3 is 0 Å². The molecule has 1 aromatic heterocycles. The number of hydrogen-bond acceptors (Lipinski definition) is 4. The van der Waals surface area contributed by atoms with Crippen molar-refractivity contribution in [2.75, 3.05) is 10.6 Å². The van der Waals surface area contributed by atoms with Crippen LogP contribution in [0.15, 0.2) is 54.6 Å². The molecule has 4 nitrogen and oxygen atoms in total. The van der Waals surface area contributed by atoms with E-state index in [2.05, 4.69) is 20.6 Å². The Bertz CT molecular complexity index is 738. The fraction of sp³-hybridized carbons (Fsp3) is 0.0588. The van der Waals surface area contributed by atoms with Crippen LogP contribution in [0.4, 0.5) is 27.5 Å². The molecule has 0 aliphatic heterocycles. The van der Waals surface area contributed by atoms with E-state index in [1.807, 2.05) is 25.1 Å². The molecule has 116 valence electrons. The van der Waals surface area contributed by atoms with Gasteiger partial charge in [0, 0.05) is 28.2 Å². The van der Waals surface area contributed by atoms with Gasteiger partial charge in [-0.25, -0.2) is 9.37 Å². The Hall–Kier alpha value is -2.66. The summed E-state index contributed by atoms with van der Waals surface area (Å²) in [5, 5.41) is 6.92. The van der Waals surface area contributed by atoms with Gasteiger partial charge in [-0.1, -0.05) is 11.6 Å². The third-order valence-electron chi connectivity index (χ3n) is 3.07.